The molecule has 0 heterocycles. The molecule has 0 bridgehead atoms. The van der Waals surface area contributed by atoms with E-state index >= 15 is 0 Å². The van der Waals surface area contributed by atoms with Gasteiger partial charge in [0.05, 0.1) is 7.11 Å². The van der Waals surface area contributed by atoms with Crippen molar-refractivity contribution in [1.82, 2.24) is 0 Å². The molecule has 2 nitrogen and oxygen atoms in total. The second-order valence-corrected chi connectivity index (χ2v) is 5.60. The summed E-state index contributed by atoms with van der Waals surface area (Å²) in [6, 6.07) is 13.4. The molecule has 2 aromatic rings. The molecule has 4 heteroatoms. The minimum absolute atomic E-state index is 0.000591. The Balaban J connectivity index is 2.00. The molecule has 0 aliphatic heterocycles. The van der Waals surface area contributed by atoms with Crippen LogP contribution in [-0.4, -0.2) is 13.2 Å². The number of rotatable bonds is 5. The van der Waals surface area contributed by atoms with Crippen molar-refractivity contribution >= 4 is 23.2 Å². The first kappa shape index (κ1) is 15.2. The second kappa shape index (κ2) is 6.98. The van der Waals surface area contributed by atoms with Crippen LogP contribution in [0.15, 0.2) is 42.5 Å². The van der Waals surface area contributed by atoms with E-state index in [2.05, 4.69) is 0 Å². The molecular weight excluding hydrogens is 293 g/mol. The van der Waals surface area contributed by atoms with E-state index in [1.165, 1.54) is 5.56 Å². The van der Waals surface area contributed by atoms with Gasteiger partial charge in [-0.15, -0.1) is 0 Å². The summed E-state index contributed by atoms with van der Waals surface area (Å²) in [7, 11) is 1.65. The van der Waals surface area contributed by atoms with E-state index < -0.39 is 0 Å². The van der Waals surface area contributed by atoms with Crippen molar-refractivity contribution in [3.8, 4) is 5.75 Å². The van der Waals surface area contributed by atoms with Gasteiger partial charge in [-0.3, -0.25) is 0 Å². The Morgan fingerprint density at radius 3 is 2.40 bits per heavy atom. The van der Waals surface area contributed by atoms with Crippen LogP contribution in [0.1, 0.15) is 11.1 Å². The zero-order chi connectivity index (χ0) is 14.5. The Bertz CT molecular complexity index is 569. The summed E-state index contributed by atoms with van der Waals surface area (Å²) in [4.78, 5) is 0. The fraction of sp³-hybridized carbons (Fsp3) is 0.250. The lowest BCUT2D eigenvalue weighted by Gasteiger charge is -2.13. The fourth-order valence-electron chi connectivity index (χ4n) is 2.12. The van der Waals surface area contributed by atoms with Crippen LogP contribution in [0.5, 0.6) is 5.75 Å². The molecular formula is C16H17Cl2NO. The molecule has 0 aromatic heterocycles. The molecule has 0 amide bonds. The summed E-state index contributed by atoms with van der Waals surface area (Å²) in [5.74, 6) is 0.847. The lowest BCUT2D eigenvalue weighted by molar-refractivity contribution is 0.414. The maximum Gasteiger partial charge on any atom is 0.118 e. The Morgan fingerprint density at radius 1 is 1.05 bits per heavy atom. The zero-order valence-corrected chi connectivity index (χ0v) is 12.8. The second-order valence-electron chi connectivity index (χ2n) is 4.75. The molecule has 0 fully saturated rings. The summed E-state index contributed by atoms with van der Waals surface area (Å²) in [5.41, 5.74) is 8.36. The monoisotopic (exact) mass is 309 g/mol. The van der Waals surface area contributed by atoms with E-state index in [9.17, 15) is 0 Å². The number of halogens is 2. The summed E-state index contributed by atoms with van der Waals surface area (Å²) in [6.45, 7) is 0. The van der Waals surface area contributed by atoms with Gasteiger partial charge in [-0.2, -0.15) is 0 Å². The van der Waals surface area contributed by atoms with E-state index in [0.29, 0.717) is 16.5 Å². The number of hydrogen-bond acceptors (Lipinski definition) is 2. The first-order chi connectivity index (χ1) is 9.58. The van der Waals surface area contributed by atoms with E-state index in [1.807, 2.05) is 30.3 Å². The van der Waals surface area contributed by atoms with Crippen molar-refractivity contribution in [3.63, 3.8) is 0 Å². The first-order valence-electron chi connectivity index (χ1n) is 6.41. The molecule has 1 unspecified atom stereocenters. The van der Waals surface area contributed by atoms with Crippen molar-refractivity contribution in [2.45, 2.75) is 18.9 Å². The Hall–Kier alpha value is -1.22. The van der Waals surface area contributed by atoms with Gasteiger partial charge in [0.25, 0.3) is 0 Å². The van der Waals surface area contributed by atoms with Gasteiger partial charge in [0.2, 0.25) is 0 Å². The van der Waals surface area contributed by atoms with Crippen LogP contribution in [0.25, 0.3) is 0 Å². The van der Waals surface area contributed by atoms with Crippen molar-refractivity contribution < 1.29 is 4.74 Å². The van der Waals surface area contributed by atoms with E-state index in [1.54, 1.807) is 19.2 Å². The van der Waals surface area contributed by atoms with Crippen LogP contribution in [0.3, 0.4) is 0 Å². The van der Waals surface area contributed by atoms with Crippen LogP contribution < -0.4 is 10.5 Å². The van der Waals surface area contributed by atoms with E-state index in [0.717, 1.165) is 17.7 Å². The van der Waals surface area contributed by atoms with E-state index in [4.69, 9.17) is 33.7 Å². The van der Waals surface area contributed by atoms with Gasteiger partial charge >= 0.3 is 0 Å². The molecule has 2 N–H and O–H groups in total. The van der Waals surface area contributed by atoms with Gasteiger partial charge < -0.3 is 10.5 Å². The number of nitrogens with two attached hydrogens (primary N) is 1. The number of hydrogen-bond donors (Lipinski definition) is 1. The molecule has 0 spiro atoms. The van der Waals surface area contributed by atoms with Crippen LogP contribution >= 0.6 is 23.2 Å². The number of ether oxygens (including phenoxy) is 1. The molecule has 0 aliphatic carbocycles. The Morgan fingerprint density at radius 2 is 1.75 bits per heavy atom. The largest absolute Gasteiger partial charge is 0.497 e. The van der Waals surface area contributed by atoms with Gasteiger partial charge in [0.15, 0.2) is 0 Å². The standard InChI is InChI=1S/C16H17Cl2NO/c1-20-15-5-2-11(3-6-15)8-14(19)10-12-9-13(17)4-7-16(12)18/h2-7,9,14H,8,10,19H2,1H3. The van der Waals surface area contributed by atoms with Crippen LogP contribution in [0.2, 0.25) is 10.0 Å². The molecule has 2 rings (SSSR count). The average Bonchev–Trinajstić information content (AvgIpc) is 2.43. The highest BCUT2D eigenvalue weighted by Gasteiger charge is 2.09. The molecule has 1 atom stereocenters. The topological polar surface area (TPSA) is 35.2 Å². The van der Waals surface area contributed by atoms with Crippen molar-refractivity contribution in [3.05, 3.63) is 63.6 Å². The van der Waals surface area contributed by atoms with Gasteiger partial charge in [-0.25, -0.2) is 0 Å². The van der Waals surface area contributed by atoms with Gasteiger partial charge in [-0.1, -0.05) is 35.3 Å². The lowest BCUT2D eigenvalue weighted by Crippen LogP contribution is -2.25. The van der Waals surface area contributed by atoms with Crippen molar-refractivity contribution in [2.75, 3.05) is 7.11 Å². The molecule has 106 valence electrons. The van der Waals surface area contributed by atoms with Gasteiger partial charge in [0.1, 0.15) is 5.75 Å². The molecule has 2 aromatic carbocycles. The summed E-state index contributed by atoms with van der Waals surface area (Å²) < 4.78 is 5.14. The third kappa shape index (κ3) is 4.14. The molecule has 20 heavy (non-hydrogen) atoms. The van der Waals surface area contributed by atoms with Crippen LogP contribution in [0, 0.1) is 0 Å². The lowest BCUT2D eigenvalue weighted by atomic mass is 9.99. The van der Waals surface area contributed by atoms with Crippen molar-refractivity contribution in [2.24, 2.45) is 5.73 Å². The maximum absolute atomic E-state index is 6.19. The van der Waals surface area contributed by atoms with Crippen molar-refractivity contribution in [1.29, 1.82) is 0 Å². The smallest absolute Gasteiger partial charge is 0.118 e. The Kier molecular flexibility index (Phi) is 5.30. The number of methoxy groups -OCH3 is 1. The predicted octanol–water partition coefficient (Wildman–Crippen LogP) is 4.11. The summed E-state index contributed by atoms with van der Waals surface area (Å²) >= 11 is 12.1. The molecule has 0 saturated heterocycles. The maximum atomic E-state index is 6.19. The number of benzene rings is 2. The predicted molar refractivity (Wildman–Crippen MR) is 84.8 cm³/mol. The normalized spacial score (nSPS) is 12.2. The van der Waals surface area contributed by atoms with Gasteiger partial charge in [-0.05, 0) is 54.3 Å². The summed E-state index contributed by atoms with van der Waals surface area (Å²) in [6.07, 6.45) is 1.48. The first-order valence-corrected chi connectivity index (χ1v) is 7.16. The van der Waals surface area contributed by atoms with Crippen LogP contribution in [0.4, 0.5) is 0 Å². The quantitative estimate of drug-likeness (QED) is 0.902. The highest BCUT2D eigenvalue weighted by molar-refractivity contribution is 6.33. The average molecular weight is 310 g/mol. The Labute approximate surface area is 129 Å². The zero-order valence-electron chi connectivity index (χ0n) is 11.3. The fourth-order valence-corrected chi connectivity index (χ4v) is 2.51. The molecule has 0 radical (unpaired) electrons. The third-order valence-electron chi connectivity index (χ3n) is 3.15. The highest BCUT2D eigenvalue weighted by atomic mass is 35.5. The van der Waals surface area contributed by atoms with Gasteiger partial charge in [0, 0.05) is 16.1 Å². The van der Waals surface area contributed by atoms with E-state index in [-0.39, 0.29) is 6.04 Å². The summed E-state index contributed by atoms with van der Waals surface area (Å²) in [5, 5.41) is 1.39. The minimum atomic E-state index is -0.000591. The molecule has 0 saturated carbocycles. The SMILES string of the molecule is COc1ccc(CC(N)Cc2cc(Cl)ccc2Cl)cc1. The van der Waals surface area contributed by atoms with Crippen LogP contribution in [-0.2, 0) is 12.8 Å². The highest BCUT2D eigenvalue weighted by Crippen LogP contribution is 2.22. The molecule has 0 aliphatic rings. The third-order valence-corrected chi connectivity index (χ3v) is 3.75. The minimum Gasteiger partial charge on any atom is -0.497 e.